The van der Waals surface area contributed by atoms with Crippen LogP contribution in [0.15, 0.2) is 6.07 Å². The van der Waals surface area contributed by atoms with Crippen LogP contribution in [-0.2, 0) is 16.1 Å². The molecule has 0 aromatic carbocycles. The lowest BCUT2D eigenvalue weighted by Crippen LogP contribution is -2.45. The van der Waals surface area contributed by atoms with Gasteiger partial charge < -0.3 is 9.64 Å². The topological polar surface area (TPSA) is 64.4 Å². The van der Waals surface area contributed by atoms with Gasteiger partial charge in [0.15, 0.2) is 0 Å². The summed E-state index contributed by atoms with van der Waals surface area (Å²) < 4.78 is 6.76. The lowest BCUT2D eigenvalue weighted by atomic mass is 9.94. The number of aromatic nitrogens is 2. The van der Waals surface area contributed by atoms with Crippen molar-refractivity contribution >= 4 is 11.9 Å². The Bertz CT molecular complexity index is 547. The van der Waals surface area contributed by atoms with Crippen molar-refractivity contribution in [2.24, 2.45) is 0 Å². The smallest absolute Gasteiger partial charge is 0.325 e. The van der Waals surface area contributed by atoms with Gasteiger partial charge in [-0.15, -0.1) is 0 Å². The minimum atomic E-state index is -0.342. The molecule has 6 heteroatoms. The highest BCUT2D eigenvalue weighted by molar-refractivity contribution is 5.95. The fourth-order valence-corrected chi connectivity index (χ4v) is 3.21. The quantitative estimate of drug-likeness (QED) is 0.755. The first-order valence-corrected chi connectivity index (χ1v) is 8.57. The molecule has 0 unspecified atom stereocenters. The summed E-state index contributed by atoms with van der Waals surface area (Å²) in [6.45, 7) is 6.59. The summed E-state index contributed by atoms with van der Waals surface area (Å²) in [5.41, 5.74) is 1.37. The van der Waals surface area contributed by atoms with Crippen LogP contribution in [0.3, 0.4) is 0 Å². The molecule has 23 heavy (non-hydrogen) atoms. The van der Waals surface area contributed by atoms with Gasteiger partial charge >= 0.3 is 5.97 Å². The average Bonchev–Trinajstić information content (AvgIpc) is 2.94. The second kappa shape index (κ2) is 8.13. The SMILES string of the molecule is CCOC(=O)CN(C(=O)c1cc(C)nn1CC)C1CCCCC1. The van der Waals surface area contributed by atoms with Gasteiger partial charge in [-0.2, -0.15) is 5.10 Å². The summed E-state index contributed by atoms with van der Waals surface area (Å²) in [4.78, 5) is 26.7. The number of ether oxygens (including phenoxy) is 1. The maximum absolute atomic E-state index is 13.0. The largest absolute Gasteiger partial charge is 0.465 e. The maximum atomic E-state index is 13.0. The van der Waals surface area contributed by atoms with E-state index in [9.17, 15) is 9.59 Å². The third kappa shape index (κ3) is 4.33. The highest BCUT2D eigenvalue weighted by atomic mass is 16.5. The molecule has 0 bridgehead atoms. The molecule has 1 heterocycles. The Hall–Kier alpha value is -1.85. The summed E-state index contributed by atoms with van der Waals surface area (Å²) in [7, 11) is 0. The number of nitrogens with zero attached hydrogens (tertiary/aromatic N) is 3. The molecule has 0 radical (unpaired) electrons. The van der Waals surface area contributed by atoms with E-state index in [2.05, 4.69) is 5.10 Å². The zero-order chi connectivity index (χ0) is 16.8. The van der Waals surface area contributed by atoms with E-state index in [4.69, 9.17) is 4.74 Å². The number of amides is 1. The zero-order valence-corrected chi connectivity index (χ0v) is 14.4. The van der Waals surface area contributed by atoms with Crippen molar-refractivity contribution < 1.29 is 14.3 Å². The summed E-state index contributed by atoms with van der Waals surface area (Å²) in [5, 5.41) is 4.35. The standard InChI is InChI=1S/C17H27N3O3/c1-4-20-15(11-13(3)18-20)17(22)19(12-16(21)23-5-2)14-9-7-6-8-10-14/h11,14H,4-10,12H2,1-3H3. The molecule has 0 spiro atoms. The molecule has 0 saturated heterocycles. The van der Waals surface area contributed by atoms with Crippen molar-refractivity contribution in [2.75, 3.05) is 13.2 Å². The summed E-state index contributed by atoms with van der Waals surface area (Å²) >= 11 is 0. The van der Waals surface area contributed by atoms with Crippen molar-refractivity contribution in [1.82, 2.24) is 14.7 Å². The maximum Gasteiger partial charge on any atom is 0.325 e. The number of esters is 1. The molecule has 6 nitrogen and oxygen atoms in total. The van der Waals surface area contributed by atoms with E-state index in [1.54, 1.807) is 22.6 Å². The molecule has 0 N–H and O–H groups in total. The monoisotopic (exact) mass is 321 g/mol. The Morgan fingerprint density at radius 1 is 1.30 bits per heavy atom. The van der Waals surface area contributed by atoms with Crippen LogP contribution in [0.25, 0.3) is 0 Å². The lowest BCUT2D eigenvalue weighted by molar-refractivity contribution is -0.144. The highest BCUT2D eigenvalue weighted by Gasteiger charge is 2.30. The van der Waals surface area contributed by atoms with E-state index in [1.807, 2.05) is 13.8 Å². The fraction of sp³-hybridized carbons (Fsp3) is 0.706. The molecule has 0 aliphatic heterocycles. The Morgan fingerprint density at radius 2 is 2.00 bits per heavy atom. The van der Waals surface area contributed by atoms with Gasteiger partial charge in [0.1, 0.15) is 12.2 Å². The first kappa shape index (κ1) is 17.5. The van der Waals surface area contributed by atoms with E-state index < -0.39 is 0 Å². The van der Waals surface area contributed by atoms with Crippen LogP contribution in [0.5, 0.6) is 0 Å². The van der Waals surface area contributed by atoms with Gasteiger partial charge in [-0.1, -0.05) is 19.3 Å². The van der Waals surface area contributed by atoms with Crippen molar-refractivity contribution in [3.8, 4) is 0 Å². The molecule has 0 atom stereocenters. The molecule has 1 aromatic rings. The Kier molecular flexibility index (Phi) is 6.19. The van der Waals surface area contributed by atoms with Crippen molar-refractivity contribution in [1.29, 1.82) is 0 Å². The van der Waals surface area contributed by atoms with Crippen LogP contribution in [-0.4, -0.2) is 45.8 Å². The number of carbonyl (C=O) groups excluding carboxylic acids is 2. The van der Waals surface area contributed by atoms with E-state index in [1.165, 1.54) is 6.42 Å². The number of rotatable bonds is 6. The second-order valence-electron chi connectivity index (χ2n) is 6.02. The molecule has 1 aromatic heterocycles. The molecule has 1 saturated carbocycles. The molecule has 128 valence electrons. The van der Waals surface area contributed by atoms with Crippen LogP contribution in [0.4, 0.5) is 0 Å². The Balaban J connectivity index is 2.23. The zero-order valence-electron chi connectivity index (χ0n) is 14.4. The molecule has 2 rings (SSSR count). The normalized spacial score (nSPS) is 15.4. The second-order valence-corrected chi connectivity index (χ2v) is 6.02. The minimum absolute atomic E-state index is 0.0191. The molecule has 1 aliphatic carbocycles. The molecule has 1 fully saturated rings. The highest BCUT2D eigenvalue weighted by Crippen LogP contribution is 2.24. The van der Waals surface area contributed by atoms with Gasteiger partial charge in [0.2, 0.25) is 0 Å². The molecular weight excluding hydrogens is 294 g/mol. The number of carbonyl (C=O) groups is 2. The van der Waals surface area contributed by atoms with E-state index in [-0.39, 0.29) is 24.5 Å². The van der Waals surface area contributed by atoms with Crippen molar-refractivity contribution in [3.05, 3.63) is 17.5 Å². The van der Waals surface area contributed by atoms with Gasteiger partial charge in [-0.3, -0.25) is 14.3 Å². The van der Waals surface area contributed by atoms with E-state index >= 15 is 0 Å². The van der Waals surface area contributed by atoms with E-state index in [0.29, 0.717) is 18.8 Å². The van der Waals surface area contributed by atoms with Crippen LogP contribution in [0, 0.1) is 6.92 Å². The number of aryl methyl sites for hydroxylation is 2. The molecule has 1 aliphatic rings. The first-order chi connectivity index (χ1) is 11.1. The summed E-state index contributed by atoms with van der Waals surface area (Å²) in [6, 6.07) is 1.91. The van der Waals surface area contributed by atoms with Crippen LogP contribution in [0.2, 0.25) is 0 Å². The van der Waals surface area contributed by atoms with Gasteiger partial charge in [-0.25, -0.2) is 0 Å². The van der Waals surface area contributed by atoms with Crippen LogP contribution in [0.1, 0.15) is 62.1 Å². The lowest BCUT2D eigenvalue weighted by Gasteiger charge is -2.33. The third-order valence-corrected chi connectivity index (χ3v) is 4.30. The number of hydrogen-bond donors (Lipinski definition) is 0. The minimum Gasteiger partial charge on any atom is -0.465 e. The van der Waals surface area contributed by atoms with Crippen molar-refractivity contribution in [3.63, 3.8) is 0 Å². The van der Waals surface area contributed by atoms with E-state index in [0.717, 1.165) is 31.4 Å². The molecular formula is C17H27N3O3. The average molecular weight is 321 g/mol. The first-order valence-electron chi connectivity index (χ1n) is 8.57. The summed E-state index contributed by atoms with van der Waals surface area (Å²) in [6.07, 6.45) is 5.30. The van der Waals surface area contributed by atoms with Crippen LogP contribution < -0.4 is 0 Å². The predicted molar refractivity (Wildman–Crippen MR) is 87.2 cm³/mol. The van der Waals surface area contributed by atoms with Gasteiger partial charge in [0, 0.05) is 12.6 Å². The third-order valence-electron chi connectivity index (χ3n) is 4.30. The number of hydrogen-bond acceptors (Lipinski definition) is 4. The Labute approximate surface area is 137 Å². The van der Waals surface area contributed by atoms with Gasteiger partial charge in [0.25, 0.3) is 5.91 Å². The van der Waals surface area contributed by atoms with Crippen molar-refractivity contribution in [2.45, 2.75) is 65.5 Å². The predicted octanol–water partition coefficient (Wildman–Crippen LogP) is 2.55. The molecule has 1 amide bonds. The van der Waals surface area contributed by atoms with Crippen LogP contribution >= 0.6 is 0 Å². The van der Waals surface area contributed by atoms with Gasteiger partial charge in [0.05, 0.1) is 12.3 Å². The summed E-state index contributed by atoms with van der Waals surface area (Å²) in [5.74, 6) is -0.460. The van der Waals surface area contributed by atoms with Gasteiger partial charge in [-0.05, 0) is 39.7 Å². The fourth-order valence-electron chi connectivity index (χ4n) is 3.21. The Morgan fingerprint density at radius 3 is 2.61 bits per heavy atom.